The number of aliphatic imine (C=N–C) groups is 1. The Morgan fingerprint density at radius 1 is 1.46 bits per heavy atom. The van der Waals surface area contributed by atoms with Gasteiger partial charge in [-0.1, -0.05) is 18.2 Å². The van der Waals surface area contributed by atoms with Gasteiger partial charge in [-0.05, 0) is 11.6 Å². The lowest BCUT2D eigenvalue weighted by Gasteiger charge is -2.04. The first-order valence-electron chi connectivity index (χ1n) is 3.86. The summed E-state index contributed by atoms with van der Waals surface area (Å²) < 4.78 is 0. The highest BCUT2D eigenvalue weighted by molar-refractivity contribution is 6.09. The van der Waals surface area contributed by atoms with Crippen molar-refractivity contribution in [2.24, 2.45) is 10.7 Å². The third-order valence-corrected chi connectivity index (χ3v) is 2.04. The fourth-order valence-electron chi connectivity index (χ4n) is 1.46. The molecule has 0 fully saturated rings. The highest BCUT2D eigenvalue weighted by Crippen LogP contribution is 2.33. The molecule has 0 spiro atoms. The monoisotopic (exact) mass is 176 g/mol. The number of carboxylic acids is 1. The van der Waals surface area contributed by atoms with Crippen molar-refractivity contribution in [3.05, 3.63) is 29.8 Å². The Kier molecular flexibility index (Phi) is 1.55. The number of nitrogens with two attached hydrogens (primary N) is 1. The number of nitrogens with zero attached hydrogens (tertiary/aromatic N) is 1. The van der Waals surface area contributed by atoms with Crippen LogP contribution >= 0.6 is 0 Å². The maximum atomic E-state index is 10.8. The minimum Gasteiger partial charge on any atom is -0.480 e. The summed E-state index contributed by atoms with van der Waals surface area (Å²) in [6.45, 7) is 0. The molecule has 0 saturated carbocycles. The van der Waals surface area contributed by atoms with Gasteiger partial charge >= 0.3 is 5.97 Å². The number of carboxylic acid groups (broad SMARTS) is 1. The molecule has 1 aliphatic heterocycles. The number of aliphatic carboxylic acids is 1. The second kappa shape index (κ2) is 2.58. The Balaban J connectivity index is 2.55. The van der Waals surface area contributed by atoms with Crippen LogP contribution in [-0.2, 0) is 4.79 Å². The van der Waals surface area contributed by atoms with E-state index in [0.29, 0.717) is 11.3 Å². The third kappa shape index (κ3) is 1.07. The minimum absolute atomic E-state index is 0.161. The molecule has 4 heteroatoms. The molecule has 0 aromatic heterocycles. The highest BCUT2D eigenvalue weighted by Gasteiger charge is 2.30. The van der Waals surface area contributed by atoms with Gasteiger partial charge in [-0.2, -0.15) is 0 Å². The minimum atomic E-state index is -0.953. The molecule has 0 saturated heterocycles. The molecule has 1 aliphatic rings. The third-order valence-electron chi connectivity index (χ3n) is 2.04. The van der Waals surface area contributed by atoms with Crippen LogP contribution in [-0.4, -0.2) is 16.9 Å². The number of rotatable bonds is 1. The van der Waals surface area contributed by atoms with Crippen LogP contribution in [0.25, 0.3) is 0 Å². The van der Waals surface area contributed by atoms with Gasteiger partial charge in [0.25, 0.3) is 0 Å². The van der Waals surface area contributed by atoms with E-state index in [1.807, 2.05) is 0 Å². The summed E-state index contributed by atoms with van der Waals surface area (Å²) in [5.74, 6) is -1.56. The van der Waals surface area contributed by atoms with E-state index in [9.17, 15) is 4.79 Å². The highest BCUT2D eigenvalue weighted by atomic mass is 16.4. The van der Waals surface area contributed by atoms with Gasteiger partial charge in [0.2, 0.25) is 0 Å². The molecule has 1 heterocycles. The molecule has 0 bridgehead atoms. The molecule has 13 heavy (non-hydrogen) atoms. The second-order valence-electron chi connectivity index (χ2n) is 2.87. The molecule has 0 amide bonds. The molecule has 1 atom stereocenters. The summed E-state index contributed by atoms with van der Waals surface area (Å²) in [5.41, 5.74) is 6.83. The lowest BCUT2D eigenvalue weighted by molar-refractivity contribution is -0.137. The fourth-order valence-corrected chi connectivity index (χ4v) is 1.46. The lowest BCUT2D eigenvalue weighted by atomic mass is 10.00. The van der Waals surface area contributed by atoms with Crippen LogP contribution in [0.2, 0.25) is 0 Å². The summed E-state index contributed by atoms with van der Waals surface area (Å²) in [4.78, 5) is 14.8. The van der Waals surface area contributed by atoms with Crippen molar-refractivity contribution in [2.75, 3.05) is 0 Å². The first-order valence-corrected chi connectivity index (χ1v) is 3.86. The van der Waals surface area contributed by atoms with Gasteiger partial charge in [-0.3, -0.25) is 4.79 Å². The zero-order chi connectivity index (χ0) is 9.42. The van der Waals surface area contributed by atoms with Crippen molar-refractivity contribution in [2.45, 2.75) is 5.92 Å². The molecule has 1 aromatic rings. The normalized spacial score (nSPS) is 19.4. The van der Waals surface area contributed by atoms with Crippen LogP contribution < -0.4 is 5.73 Å². The zero-order valence-electron chi connectivity index (χ0n) is 6.77. The van der Waals surface area contributed by atoms with Crippen LogP contribution in [0.3, 0.4) is 0 Å². The van der Waals surface area contributed by atoms with Crippen LogP contribution in [0.5, 0.6) is 0 Å². The lowest BCUT2D eigenvalue weighted by Crippen LogP contribution is -2.25. The Morgan fingerprint density at radius 2 is 2.15 bits per heavy atom. The summed E-state index contributed by atoms with van der Waals surface area (Å²) in [7, 11) is 0. The summed E-state index contributed by atoms with van der Waals surface area (Å²) >= 11 is 0. The molecule has 1 unspecified atom stereocenters. The number of para-hydroxylation sites is 1. The van der Waals surface area contributed by atoms with Crippen molar-refractivity contribution in [3.63, 3.8) is 0 Å². The van der Waals surface area contributed by atoms with Crippen molar-refractivity contribution in [3.8, 4) is 0 Å². The van der Waals surface area contributed by atoms with Gasteiger partial charge < -0.3 is 10.8 Å². The van der Waals surface area contributed by atoms with E-state index in [1.54, 1.807) is 24.3 Å². The summed E-state index contributed by atoms with van der Waals surface area (Å²) in [6, 6.07) is 7.07. The van der Waals surface area contributed by atoms with Gasteiger partial charge in [0, 0.05) is 0 Å². The first-order chi connectivity index (χ1) is 6.20. The van der Waals surface area contributed by atoms with Crippen molar-refractivity contribution in [1.82, 2.24) is 0 Å². The maximum Gasteiger partial charge on any atom is 0.318 e. The topological polar surface area (TPSA) is 75.7 Å². The molecule has 2 rings (SSSR count). The predicted octanol–water partition coefficient (Wildman–Crippen LogP) is 0.857. The molecule has 1 aromatic carbocycles. The molecule has 4 nitrogen and oxygen atoms in total. The Morgan fingerprint density at radius 3 is 2.85 bits per heavy atom. The van der Waals surface area contributed by atoms with Gasteiger partial charge in [0.05, 0.1) is 5.69 Å². The number of fused-ring (bicyclic) bond motifs is 1. The quantitative estimate of drug-likeness (QED) is 0.666. The van der Waals surface area contributed by atoms with Crippen LogP contribution in [0.4, 0.5) is 5.69 Å². The second-order valence-corrected chi connectivity index (χ2v) is 2.87. The first kappa shape index (κ1) is 7.79. The number of amidine groups is 1. The molecule has 0 aliphatic carbocycles. The molecular weight excluding hydrogens is 168 g/mol. The smallest absolute Gasteiger partial charge is 0.318 e. The standard InChI is InChI=1S/C9H8N2O2/c10-8-7(9(12)13)5-3-1-2-4-6(5)11-8/h1-4,7H,(H2,10,11)(H,12,13). The molecule has 0 radical (unpaired) electrons. The van der Waals surface area contributed by atoms with Crippen molar-refractivity contribution < 1.29 is 9.90 Å². The number of hydrogen-bond acceptors (Lipinski definition) is 3. The van der Waals surface area contributed by atoms with E-state index in [0.717, 1.165) is 0 Å². The van der Waals surface area contributed by atoms with Gasteiger partial charge in [-0.25, -0.2) is 4.99 Å². The largest absolute Gasteiger partial charge is 0.480 e. The number of benzene rings is 1. The Bertz CT molecular complexity index is 398. The van der Waals surface area contributed by atoms with Gasteiger partial charge in [0.1, 0.15) is 11.8 Å². The molecule has 66 valence electrons. The summed E-state index contributed by atoms with van der Waals surface area (Å²) in [5, 5.41) is 8.87. The van der Waals surface area contributed by atoms with Crippen LogP contribution in [0, 0.1) is 0 Å². The Hall–Kier alpha value is -1.84. The fraction of sp³-hybridized carbons (Fsp3) is 0.111. The zero-order valence-corrected chi connectivity index (χ0v) is 6.77. The van der Waals surface area contributed by atoms with Crippen molar-refractivity contribution >= 4 is 17.5 Å². The van der Waals surface area contributed by atoms with Gasteiger partial charge in [-0.15, -0.1) is 0 Å². The average molecular weight is 176 g/mol. The summed E-state index contributed by atoms with van der Waals surface area (Å²) in [6.07, 6.45) is 0. The SMILES string of the molecule is NC1=Nc2ccccc2C1C(=O)O. The van der Waals surface area contributed by atoms with Crippen molar-refractivity contribution in [1.29, 1.82) is 0 Å². The van der Waals surface area contributed by atoms with Gasteiger partial charge in [0.15, 0.2) is 0 Å². The average Bonchev–Trinajstić information content (AvgIpc) is 2.39. The Labute approximate surface area is 74.7 Å². The van der Waals surface area contributed by atoms with E-state index in [4.69, 9.17) is 10.8 Å². The van der Waals surface area contributed by atoms with E-state index in [1.165, 1.54) is 0 Å². The van der Waals surface area contributed by atoms with Crippen LogP contribution in [0.15, 0.2) is 29.3 Å². The number of hydrogen-bond donors (Lipinski definition) is 2. The van der Waals surface area contributed by atoms with E-state index < -0.39 is 11.9 Å². The maximum absolute atomic E-state index is 10.8. The molecular formula is C9H8N2O2. The van der Waals surface area contributed by atoms with E-state index in [-0.39, 0.29) is 5.84 Å². The number of carbonyl (C=O) groups is 1. The van der Waals surface area contributed by atoms with Crippen LogP contribution in [0.1, 0.15) is 11.5 Å². The van der Waals surface area contributed by atoms with E-state index >= 15 is 0 Å². The van der Waals surface area contributed by atoms with E-state index in [2.05, 4.69) is 4.99 Å². The predicted molar refractivity (Wildman–Crippen MR) is 48.1 cm³/mol. The molecule has 3 N–H and O–H groups in total.